The van der Waals surface area contributed by atoms with Crippen molar-refractivity contribution in [3.8, 4) is 22.8 Å². The first-order chi connectivity index (χ1) is 9.56. The Morgan fingerprint density at radius 2 is 2.10 bits per heavy atom. The van der Waals surface area contributed by atoms with Crippen molar-refractivity contribution in [2.24, 2.45) is 0 Å². The maximum Gasteiger partial charge on any atom is 0.364 e. The van der Waals surface area contributed by atoms with Gasteiger partial charge in [0.05, 0.1) is 13.2 Å². The van der Waals surface area contributed by atoms with Crippen LogP contribution in [-0.4, -0.2) is 18.0 Å². The van der Waals surface area contributed by atoms with Crippen LogP contribution in [0.2, 0.25) is 5.02 Å². The van der Waals surface area contributed by atoms with Gasteiger partial charge in [0, 0.05) is 22.6 Å². The van der Waals surface area contributed by atoms with Gasteiger partial charge in [0.1, 0.15) is 0 Å². The number of carbonyl (C=O) groups is 1. The summed E-state index contributed by atoms with van der Waals surface area (Å²) in [6, 6.07) is 6.57. The molecule has 1 heterocycles. The normalized spacial score (nSPS) is 10.3. The molecule has 0 amide bonds. The number of ether oxygens (including phenoxy) is 1. The first-order valence-corrected chi connectivity index (χ1v) is 6.56. The minimum absolute atomic E-state index is 0.00559. The zero-order valence-electron chi connectivity index (χ0n) is 11.2. The van der Waals surface area contributed by atoms with Gasteiger partial charge in [-0.15, -0.1) is 0 Å². The van der Waals surface area contributed by atoms with E-state index in [2.05, 4.69) is 4.98 Å². The Labute approximate surface area is 122 Å². The van der Waals surface area contributed by atoms with E-state index in [0.29, 0.717) is 33.9 Å². The highest BCUT2D eigenvalue weighted by Gasteiger charge is 2.18. The van der Waals surface area contributed by atoms with Gasteiger partial charge in [0.15, 0.2) is 11.5 Å². The molecule has 0 fully saturated rings. The number of carbonyl (C=O) groups excluding carboxylic acids is 1. The summed E-state index contributed by atoms with van der Waals surface area (Å²) in [7, 11) is 1.52. The third-order valence-corrected chi connectivity index (χ3v) is 3.25. The molecule has 0 aliphatic rings. The molecular weight excluding hydrogens is 278 g/mol. The zero-order chi connectivity index (χ0) is 14.7. The van der Waals surface area contributed by atoms with Gasteiger partial charge >= 0.3 is 5.88 Å². The van der Waals surface area contributed by atoms with Gasteiger partial charge in [0.2, 0.25) is 6.20 Å². The first-order valence-electron chi connectivity index (χ1n) is 6.18. The Morgan fingerprint density at radius 1 is 1.35 bits per heavy atom. The molecule has 0 aliphatic heterocycles. The number of H-pyrrole nitrogens is 1. The maximum atomic E-state index is 12.0. The van der Waals surface area contributed by atoms with E-state index in [-0.39, 0.29) is 11.7 Å². The molecule has 104 valence electrons. The molecule has 0 atom stereocenters. The van der Waals surface area contributed by atoms with Crippen LogP contribution in [-0.2, 0) is 0 Å². The maximum absolute atomic E-state index is 12.0. The minimum atomic E-state index is -0.0179. The Morgan fingerprint density at radius 3 is 2.75 bits per heavy atom. The van der Waals surface area contributed by atoms with Crippen molar-refractivity contribution in [2.75, 3.05) is 7.11 Å². The van der Waals surface area contributed by atoms with Crippen LogP contribution in [0.15, 0.2) is 30.5 Å². The van der Waals surface area contributed by atoms with E-state index in [0.717, 1.165) is 0 Å². The van der Waals surface area contributed by atoms with Crippen LogP contribution in [0.5, 0.6) is 11.6 Å². The van der Waals surface area contributed by atoms with Crippen LogP contribution >= 0.6 is 11.6 Å². The molecule has 0 saturated heterocycles. The second-order valence-electron chi connectivity index (χ2n) is 4.27. The largest absolute Gasteiger partial charge is 0.490 e. The van der Waals surface area contributed by atoms with Crippen LogP contribution < -0.4 is 9.72 Å². The zero-order valence-corrected chi connectivity index (χ0v) is 12.0. The lowest BCUT2D eigenvalue weighted by molar-refractivity contribution is -0.395. The third-order valence-electron chi connectivity index (χ3n) is 3.01. The number of ketones is 1. The third kappa shape index (κ3) is 2.75. The summed E-state index contributed by atoms with van der Waals surface area (Å²) in [5.41, 5.74) is 1.81. The second-order valence-corrected chi connectivity index (χ2v) is 4.70. The van der Waals surface area contributed by atoms with Gasteiger partial charge in [-0.1, -0.05) is 18.5 Å². The van der Waals surface area contributed by atoms with Crippen molar-refractivity contribution in [2.45, 2.75) is 13.3 Å². The molecule has 20 heavy (non-hydrogen) atoms. The molecule has 1 aromatic carbocycles. The Balaban J connectivity index is 2.71. The van der Waals surface area contributed by atoms with Crippen molar-refractivity contribution in [1.82, 2.24) is 0 Å². The smallest absolute Gasteiger partial charge is 0.364 e. The van der Waals surface area contributed by atoms with E-state index in [1.807, 2.05) is 0 Å². The lowest BCUT2D eigenvalue weighted by Crippen LogP contribution is -2.05. The first kappa shape index (κ1) is 14.3. The molecule has 2 rings (SSSR count). The number of pyridine rings is 1. The van der Waals surface area contributed by atoms with Crippen molar-refractivity contribution in [3.05, 3.63) is 41.0 Å². The highest BCUT2D eigenvalue weighted by molar-refractivity contribution is 6.31. The SMILES string of the molecule is CCC(=O)c1ccc(Cl)cc1-c1cc(O)[nH+]cc1OC. The topological polar surface area (TPSA) is 60.7 Å². The number of nitrogens with one attached hydrogen (secondary N) is 1. The van der Waals surface area contributed by atoms with Crippen molar-refractivity contribution in [3.63, 3.8) is 0 Å². The number of halogens is 1. The molecule has 4 nitrogen and oxygen atoms in total. The number of hydrogen-bond acceptors (Lipinski definition) is 3. The number of rotatable bonds is 4. The average molecular weight is 293 g/mol. The van der Waals surface area contributed by atoms with Gasteiger partial charge in [-0.25, -0.2) is 0 Å². The van der Waals surface area contributed by atoms with E-state index < -0.39 is 0 Å². The van der Waals surface area contributed by atoms with Gasteiger partial charge < -0.3 is 9.84 Å². The van der Waals surface area contributed by atoms with E-state index in [4.69, 9.17) is 16.3 Å². The molecule has 0 saturated carbocycles. The fourth-order valence-corrected chi connectivity index (χ4v) is 2.19. The number of aromatic amines is 1. The number of Topliss-reactive ketones (excluding diaryl/α,β-unsaturated/α-hetero) is 1. The quantitative estimate of drug-likeness (QED) is 0.881. The lowest BCUT2D eigenvalue weighted by atomic mass is 9.96. The number of methoxy groups -OCH3 is 1. The fraction of sp³-hybridized carbons (Fsp3) is 0.200. The molecule has 2 N–H and O–H groups in total. The summed E-state index contributed by atoms with van der Waals surface area (Å²) >= 11 is 6.03. The summed E-state index contributed by atoms with van der Waals surface area (Å²) in [5.74, 6) is 0.511. The molecule has 0 unspecified atom stereocenters. The predicted molar refractivity (Wildman–Crippen MR) is 76.3 cm³/mol. The molecule has 0 radical (unpaired) electrons. The second kappa shape index (κ2) is 5.92. The van der Waals surface area contributed by atoms with Crippen LogP contribution in [0.3, 0.4) is 0 Å². The summed E-state index contributed by atoms with van der Waals surface area (Å²) in [5, 5.41) is 10.1. The molecule has 5 heteroatoms. The summed E-state index contributed by atoms with van der Waals surface area (Å²) in [6.07, 6.45) is 1.92. The Kier molecular flexibility index (Phi) is 4.25. The van der Waals surface area contributed by atoms with Crippen LogP contribution in [0, 0.1) is 0 Å². The molecule has 1 aromatic heterocycles. The summed E-state index contributed by atoms with van der Waals surface area (Å²) in [4.78, 5) is 14.7. The number of aromatic hydroxyl groups is 1. The van der Waals surface area contributed by atoms with E-state index in [9.17, 15) is 9.90 Å². The predicted octanol–water partition coefficient (Wildman–Crippen LogP) is 3.13. The van der Waals surface area contributed by atoms with E-state index in [1.165, 1.54) is 19.4 Å². The summed E-state index contributed by atoms with van der Waals surface area (Å²) in [6.45, 7) is 1.80. The van der Waals surface area contributed by atoms with Crippen molar-refractivity contribution >= 4 is 17.4 Å². The lowest BCUT2D eigenvalue weighted by Gasteiger charge is -2.11. The Bertz CT molecular complexity index is 656. The number of hydrogen-bond donors (Lipinski definition) is 1. The Hall–Kier alpha value is -2.07. The molecule has 0 aliphatic carbocycles. The van der Waals surface area contributed by atoms with Gasteiger partial charge in [-0.2, -0.15) is 4.98 Å². The van der Waals surface area contributed by atoms with Gasteiger partial charge in [-0.3, -0.25) is 4.79 Å². The van der Waals surface area contributed by atoms with Gasteiger partial charge in [0.25, 0.3) is 0 Å². The van der Waals surface area contributed by atoms with E-state index in [1.54, 1.807) is 25.1 Å². The molecule has 0 bridgehead atoms. The highest BCUT2D eigenvalue weighted by atomic mass is 35.5. The van der Waals surface area contributed by atoms with E-state index >= 15 is 0 Å². The van der Waals surface area contributed by atoms with Crippen LogP contribution in [0.4, 0.5) is 0 Å². The minimum Gasteiger partial charge on any atom is -0.490 e. The van der Waals surface area contributed by atoms with Crippen molar-refractivity contribution < 1.29 is 19.6 Å². The molecular formula is C15H15ClNO3+. The molecule has 2 aromatic rings. The van der Waals surface area contributed by atoms with Gasteiger partial charge in [-0.05, 0) is 23.8 Å². The van der Waals surface area contributed by atoms with Crippen molar-refractivity contribution in [1.29, 1.82) is 0 Å². The monoisotopic (exact) mass is 292 g/mol. The molecule has 0 spiro atoms. The van der Waals surface area contributed by atoms with Crippen LogP contribution in [0.1, 0.15) is 23.7 Å². The number of aromatic nitrogens is 1. The summed E-state index contributed by atoms with van der Waals surface area (Å²) < 4.78 is 5.27. The number of benzene rings is 1. The average Bonchev–Trinajstić information content (AvgIpc) is 2.46. The fourth-order valence-electron chi connectivity index (χ4n) is 2.02. The standard InChI is InChI=1S/C15H14ClNO3/c1-3-13(18)10-5-4-9(16)6-11(10)12-7-15(19)17-8-14(12)20-2/h4-8H,3H2,1-2H3,(H,17,19)/p+1. The highest BCUT2D eigenvalue weighted by Crippen LogP contribution is 2.34. The van der Waals surface area contributed by atoms with Crippen LogP contribution in [0.25, 0.3) is 11.1 Å².